The Morgan fingerprint density at radius 3 is 2.72 bits per heavy atom. The smallest absolute Gasteiger partial charge is 0.357 e. The lowest BCUT2D eigenvalue weighted by molar-refractivity contribution is 0.0440. The maximum atomic E-state index is 14.8. The number of hydrogen-bond donors (Lipinski definition) is 0. The van der Waals surface area contributed by atoms with Crippen molar-refractivity contribution >= 4 is 22.7 Å². The van der Waals surface area contributed by atoms with Crippen LogP contribution in [0.5, 0.6) is 0 Å². The van der Waals surface area contributed by atoms with Gasteiger partial charge >= 0.3 is 11.7 Å². The number of likely N-dealkylation sites (N-methyl/N-ethyl adjacent to an activating group) is 1. The Morgan fingerprint density at radius 2 is 1.96 bits per heavy atom. The lowest BCUT2D eigenvalue weighted by Gasteiger charge is -2.41. The van der Waals surface area contributed by atoms with Crippen LogP contribution in [-0.4, -0.2) is 64.7 Å². The molecule has 8 nitrogen and oxygen atoms in total. The number of esters is 1. The highest BCUT2D eigenvalue weighted by Crippen LogP contribution is 2.32. The Balaban J connectivity index is 2.11. The van der Waals surface area contributed by atoms with E-state index in [1.807, 2.05) is 11.9 Å². The van der Waals surface area contributed by atoms with E-state index in [2.05, 4.69) is 14.9 Å². The van der Waals surface area contributed by atoms with Crippen LogP contribution in [0.1, 0.15) is 16.2 Å². The van der Waals surface area contributed by atoms with E-state index in [-0.39, 0.29) is 34.9 Å². The molecule has 132 valence electrons. The zero-order chi connectivity index (χ0) is 17.9. The number of aryl methyl sites for hydroxylation is 2. The molecule has 2 aromatic heterocycles. The van der Waals surface area contributed by atoms with Gasteiger partial charge in [0.2, 0.25) is 0 Å². The number of hydrogen-bond acceptors (Lipinski definition) is 7. The van der Waals surface area contributed by atoms with E-state index in [0.717, 1.165) is 11.1 Å². The minimum Gasteiger partial charge on any atom is -0.459 e. The monoisotopic (exact) mass is 347 g/mol. The summed E-state index contributed by atoms with van der Waals surface area (Å²) in [6, 6.07) is -0.150. The molecule has 0 radical (unpaired) electrons. The van der Waals surface area contributed by atoms with Gasteiger partial charge < -0.3 is 14.5 Å². The number of aromatic nitrogens is 3. The Bertz CT molecular complexity index is 957. The van der Waals surface area contributed by atoms with E-state index in [1.54, 1.807) is 0 Å². The minimum absolute atomic E-state index is 0.00405. The van der Waals surface area contributed by atoms with Crippen molar-refractivity contribution in [1.82, 2.24) is 19.4 Å². The van der Waals surface area contributed by atoms with Crippen molar-refractivity contribution in [2.45, 2.75) is 13.0 Å². The Hall–Kier alpha value is -2.55. The molecule has 1 fully saturated rings. The highest BCUT2D eigenvalue weighted by atomic mass is 19.1. The highest BCUT2D eigenvalue weighted by molar-refractivity contribution is 6.07. The van der Waals surface area contributed by atoms with Crippen molar-refractivity contribution < 1.29 is 13.9 Å². The quantitative estimate of drug-likeness (QED) is 0.624. The molecule has 0 amide bonds. The van der Waals surface area contributed by atoms with Crippen LogP contribution in [0.25, 0.3) is 10.9 Å². The van der Waals surface area contributed by atoms with Gasteiger partial charge in [0, 0.05) is 26.7 Å². The van der Waals surface area contributed by atoms with Gasteiger partial charge in [-0.2, -0.15) is 4.98 Å². The number of nitrogens with zero attached hydrogens (tertiary/aromatic N) is 5. The number of piperazine rings is 1. The maximum absolute atomic E-state index is 14.8. The average Bonchev–Trinajstić information content (AvgIpc) is 2.57. The summed E-state index contributed by atoms with van der Waals surface area (Å²) >= 11 is 0. The summed E-state index contributed by atoms with van der Waals surface area (Å²) in [5, 5.41) is 0.240. The minimum atomic E-state index is -0.624. The first-order valence-electron chi connectivity index (χ1n) is 8.07. The van der Waals surface area contributed by atoms with Crippen molar-refractivity contribution in [3.8, 4) is 0 Å². The van der Waals surface area contributed by atoms with Gasteiger partial charge in [0.05, 0.1) is 22.6 Å². The molecule has 2 aliphatic rings. The molecule has 0 aromatic carbocycles. The number of rotatable bonds is 0. The largest absolute Gasteiger partial charge is 0.459 e. The van der Waals surface area contributed by atoms with Gasteiger partial charge in [-0.25, -0.2) is 19.0 Å². The van der Waals surface area contributed by atoms with E-state index in [1.165, 1.54) is 14.0 Å². The second-order valence-electron chi connectivity index (χ2n) is 6.57. The molecule has 0 spiro atoms. The van der Waals surface area contributed by atoms with Crippen molar-refractivity contribution in [1.29, 1.82) is 0 Å². The fraction of sp³-hybridized carbons (Fsp3) is 0.500. The third-order valence-corrected chi connectivity index (χ3v) is 4.88. The first kappa shape index (κ1) is 15.9. The molecule has 1 unspecified atom stereocenters. The number of anilines is 1. The number of pyridine rings is 1. The summed E-state index contributed by atoms with van der Waals surface area (Å²) in [4.78, 5) is 37.1. The fourth-order valence-electron chi connectivity index (χ4n) is 3.54. The van der Waals surface area contributed by atoms with E-state index in [4.69, 9.17) is 4.74 Å². The summed E-state index contributed by atoms with van der Waals surface area (Å²) in [5.41, 5.74) is -0.481. The number of carbonyl (C=O) groups excluding carboxylic acids is 1. The lowest BCUT2D eigenvalue weighted by atomic mass is 10.1. The molecule has 0 aliphatic carbocycles. The number of cyclic esters (lactones) is 1. The van der Waals surface area contributed by atoms with Gasteiger partial charge in [-0.05, 0) is 14.0 Å². The van der Waals surface area contributed by atoms with Crippen molar-refractivity contribution in [3.05, 3.63) is 27.7 Å². The number of fused-ring (bicyclic) bond motifs is 2. The third-order valence-electron chi connectivity index (χ3n) is 4.88. The molecule has 0 saturated carbocycles. The molecule has 0 N–H and O–H groups in total. The van der Waals surface area contributed by atoms with Gasteiger partial charge in [0.15, 0.2) is 11.5 Å². The second-order valence-corrected chi connectivity index (χ2v) is 6.57. The fourth-order valence-corrected chi connectivity index (χ4v) is 3.54. The van der Waals surface area contributed by atoms with E-state index in [0.29, 0.717) is 18.9 Å². The van der Waals surface area contributed by atoms with Crippen LogP contribution < -0.4 is 10.6 Å². The molecule has 4 rings (SSSR count). The molecular weight excluding hydrogens is 329 g/mol. The van der Waals surface area contributed by atoms with Gasteiger partial charge in [-0.15, -0.1) is 0 Å². The van der Waals surface area contributed by atoms with Gasteiger partial charge in [0.25, 0.3) is 0 Å². The number of halogens is 1. The summed E-state index contributed by atoms with van der Waals surface area (Å²) in [6.07, 6.45) is 0. The summed E-state index contributed by atoms with van der Waals surface area (Å²) in [6.45, 7) is 3.64. The van der Waals surface area contributed by atoms with E-state index < -0.39 is 17.5 Å². The zero-order valence-electron chi connectivity index (χ0n) is 14.2. The average molecular weight is 347 g/mol. The molecule has 25 heavy (non-hydrogen) atoms. The molecule has 2 aliphatic heterocycles. The van der Waals surface area contributed by atoms with Crippen molar-refractivity contribution in [3.63, 3.8) is 0 Å². The van der Waals surface area contributed by atoms with Gasteiger partial charge in [0.1, 0.15) is 12.4 Å². The molecule has 2 aromatic rings. The zero-order valence-corrected chi connectivity index (χ0v) is 14.2. The van der Waals surface area contributed by atoms with Crippen LogP contribution in [-0.2, 0) is 11.8 Å². The SMILES string of the molecule is Cc1nc2c3c(nc(=O)n(C)c3c1F)N1CCN(C)CC1COC2=O. The second kappa shape index (κ2) is 5.48. The Kier molecular flexibility index (Phi) is 3.50. The van der Waals surface area contributed by atoms with Crippen LogP contribution in [0.3, 0.4) is 0 Å². The van der Waals surface area contributed by atoms with Crippen molar-refractivity contribution in [2.24, 2.45) is 7.05 Å². The summed E-state index contributed by atoms with van der Waals surface area (Å²) in [7, 11) is 3.41. The van der Waals surface area contributed by atoms with E-state index in [9.17, 15) is 14.0 Å². The molecule has 1 atom stereocenters. The molecule has 9 heteroatoms. The molecule has 1 saturated heterocycles. The van der Waals surface area contributed by atoms with Gasteiger partial charge in [-0.3, -0.25) is 4.57 Å². The number of carbonyl (C=O) groups is 1. The van der Waals surface area contributed by atoms with Gasteiger partial charge in [-0.1, -0.05) is 0 Å². The normalized spacial score (nSPS) is 20.9. The topological polar surface area (TPSA) is 80.6 Å². The third kappa shape index (κ3) is 2.30. The molecule has 4 heterocycles. The van der Waals surface area contributed by atoms with E-state index >= 15 is 0 Å². The van der Waals surface area contributed by atoms with Crippen LogP contribution in [0.4, 0.5) is 10.2 Å². The van der Waals surface area contributed by atoms with Crippen LogP contribution in [0.15, 0.2) is 4.79 Å². The van der Waals surface area contributed by atoms with Crippen LogP contribution in [0, 0.1) is 12.7 Å². The first-order chi connectivity index (χ1) is 11.9. The lowest BCUT2D eigenvalue weighted by Crippen LogP contribution is -2.55. The number of ether oxygens (including phenoxy) is 1. The highest BCUT2D eigenvalue weighted by Gasteiger charge is 2.35. The molecule has 0 bridgehead atoms. The van der Waals surface area contributed by atoms with Crippen molar-refractivity contribution in [2.75, 3.05) is 38.2 Å². The first-order valence-corrected chi connectivity index (χ1v) is 8.07. The Morgan fingerprint density at radius 1 is 1.20 bits per heavy atom. The van der Waals surface area contributed by atoms with Crippen LogP contribution >= 0.6 is 0 Å². The Labute approximate surface area is 142 Å². The predicted octanol–water partition coefficient (Wildman–Crippen LogP) is 0.0668. The maximum Gasteiger partial charge on any atom is 0.357 e. The summed E-state index contributed by atoms with van der Waals surface area (Å²) in [5.74, 6) is -0.932. The predicted molar refractivity (Wildman–Crippen MR) is 88.4 cm³/mol. The van der Waals surface area contributed by atoms with Crippen LogP contribution in [0.2, 0.25) is 0 Å². The molecular formula is C16H18FN5O3. The standard InChI is InChI=1S/C16H18FN5O3/c1-8-11(17)13-10-12(18-8)15(23)25-7-9-6-20(2)4-5-22(9)14(10)19-16(24)21(13)3/h9H,4-7H2,1-3H3. The summed E-state index contributed by atoms with van der Waals surface area (Å²) < 4.78 is 21.3.